The first-order chi connectivity index (χ1) is 6.79. The second-order valence-electron chi connectivity index (χ2n) is 2.70. The number of phenols is 1. The zero-order chi connectivity index (χ0) is 10.4. The van der Waals surface area contributed by atoms with Crippen LogP contribution in [0.15, 0.2) is 24.3 Å². The van der Waals surface area contributed by atoms with Crippen LogP contribution in [-0.4, -0.2) is 17.7 Å². The molecule has 0 bridgehead atoms. The molecule has 1 rings (SSSR count). The normalized spacial score (nSPS) is 10.3. The van der Waals surface area contributed by atoms with E-state index in [1.54, 1.807) is 24.3 Å². The summed E-state index contributed by atoms with van der Waals surface area (Å²) >= 11 is 0. The van der Waals surface area contributed by atoms with Gasteiger partial charge in [0.15, 0.2) is 6.29 Å². The Morgan fingerprint density at radius 1 is 1.29 bits per heavy atom. The van der Waals surface area contributed by atoms with Gasteiger partial charge in [0.1, 0.15) is 12.0 Å². The van der Waals surface area contributed by atoms with E-state index < -0.39 is 0 Å². The molecule has 0 fully saturated rings. The van der Waals surface area contributed by atoms with Crippen molar-refractivity contribution in [1.82, 2.24) is 0 Å². The molecule has 0 spiro atoms. The molecule has 0 aliphatic rings. The van der Waals surface area contributed by atoms with Crippen LogP contribution in [0.5, 0.6) is 5.75 Å². The molecule has 0 saturated heterocycles. The predicted octanol–water partition coefficient (Wildman–Crippen LogP) is 1.81. The fourth-order valence-corrected chi connectivity index (χ4v) is 1.09. The third-order valence-corrected chi connectivity index (χ3v) is 1.76. The third kappa shape index (κ3) is 2.29. The lowest BCUT2D eigenvalue weighted by molar-refractivity contribution is -0.107. The fourth-order valence-electron chi connectivity index (χ4n) is 1.09. The van der Waals surface area contributed by atoms with Crippen LogP contribution in [0.25, 0.3) is 6.08 Å². The van der Waals surface area contributed by atoms with E-state index >= 15 is 0 Å². The van der Waals surface area contributed by atoms with Gasteiger partial charge in [-0.1, -0.05) is 24.3 Å². The van der Waals surface area contributed by atoms with Crippen molar-refractivity contribution in [3.05, 3.63) is 35.4 Å². The van der Waals surface area contributed by atoms with Crippen molar-refractivity contribution in [2.45, 2.75) is 6.42 Å². The lowest BCUT2D eigenvalue weighted by Crippen LogP contribution is -1.86. The van der Waals surface area contributed by atoms with Crippen LogP contribution in [0, 0.1) is 0 Å². The van der Waals surface area contributed by atoms with Crippen molar-refractivity contribution >= 4 is 18.6 Å². The van der Waals surface area contributed by atoms with Gasteiger partial charge in [0.05, 0.1) is 5.56 Å². The lowest BCUT2D eigenvalue weighted by Gasteiger charge is -2.00. The zero-order valence-electron chi connectivity index (χ0n) is 7.51. The predicted molar refractivity (Wildman–Crippen MR) is 53.2 cm³/mol. The summed E-state index contributed by atoms with van der Waals surface area (Å²) in [6, 6.07) is 4.79. The molecular weight excluding hydrogens is 180 g/mol. The Morgan fingerprint density at radius 3 is 2.71 bits per heavy atom. The largest absolute Gasteiger partial charge is 0.507 e. The minimum atomic E-state index is -0.0479. The van der Waals surface area contributed by atoms with Crippen molar-refractivity contribution < 1.29 is 14.7 Å². The van der Waals surface area contributed by atoms with Gasteiger partial charge >= 0.3 is 0 Å². The number of rotatable bonds is 4. The van der Waals surface area contributed by atoms with E-state index in [2.05, 4.69) is 0 Å². The van der Waals surface area contributed by atoms with Gasteiger partial charge in [-0.2, -0.15) is 0 Å². The molecule has 3 nitrogen and oxygen atoms in total. The van der Waals surface area contributed by atoms with E-state index in [-0.39, 0.29) is 11.3 Å². The molecule has 1 aromatic rings. The maximum atomic E-state index is 10.6. The first-order valence-electron chi connectivity index (χ1n) is 4.17. The molecule has 0 aliphatic heterocycles. The highest BCUT2D eigenvalue weighted by molar-refractivity contribution is 5.85. The summed E-state index contributed by atoms with van der Waals surface area (Å²) in [5.41, 5.74) is 0.858. The quantitative estimate of drug-likeness (QED) is 0.736. The Labute approximate surface area is 81.7 Å². The van der Waals surface area contributed by atoms with E-state index in [0.29, 0.717) is 18.3 Å². The summed E-state index contributed by atoms with van der Waals surface area (Å²) in [7, 11) is 0. The van der Waals surface area contributed by atoms with Gasteiger partial charge in [-0.25, -0.2) is 0 Å². The Hall–Kier alpha value is -1.90. The van der Waals surface area contributed by atoms with Crippen LogP contribution < -0.4 is 0 Å². The number of aromatic hydroxyl groups is 1. The number of aldehydes is 2. The van der Waals surface area contributed by atoms with Crippen LogP contribution >= 0.6 is 0 Å². The van der Waals surface area contributed by atoms with Crippen molar-refractivity contribution in [2.24, 2.45) is 0 Å². The highest BCUT2D eigenvalue weighted by atomic mass is 16.3. The summed E-state index contributed by atoms with van der Waals surface area (Å²) in [6.45, 7) is 0. The molecule has 72 valence electrons. The monoisotopic (exact) mass is 190 g/mol. The minimum absolute atomic E-state index is 0.0479. The van der Waals surface area contributed by atoms with E-state index in [1.165, 1.54) is 6.07 Å². The minimum Gasteiger partial charge on any atom is -0.507 e. The maximum absolute atomic E-state index is 10.6. The number of carbonyl (C=O) groups excluding carboxylic acids is 2. The SMILES string of the molecule is O=CCC=Cc1cccc(O)c1C=O. The van der Waals surface area contributed by atoms with E-state index in [4.69, 9.17) is 0 Å². The smallest absolute Gasteiger partial charge is 0.154 e. The molecule has 1 aromatic carbocycles. The number of benzene rings is 1. The van der Waals surface area contributed by atoms with Crippen LogP contribution in [0.4, 0.5) is 0 Å². The Kier molecular flexibility index (Phi) is 3.61. The summed E-state index contributed by atoms with van der Waals surface area (Å²) in [5.74, 6) is -0.0479. The molecule has 3 heteroatoms. The molecule has 0 aliphatic carbocycles. The van der Waals surface area contributed by atoms with Crippen LogP contribution in [-0.2, 0) is 4.79 Å². The molecule has 0 unspecified atom stereocenters. The number of phenolic OH excluding ortho intramolecular Hbond substituents is 1. The number of hydrogen-bond acceptors (Lipinski definition) is 3. The number of allylic oxidation sites excluding steroid dienone is 1. The average molecular weight is 190 g/mol. The van der Waals surface area contributed by atoms with Crippen molar-refractivity contribution in [3.63, 3.8) is 0 Å². The van der Waals surface area contributed by atoms with E-state index in [9.17, 15) is 14.7 Å². The summed E-state index contributed by atoms with van der Waals surface area (Å²) < 4.78 is 0. The summed E-state index contributed by atoms with van der Waals surface area (Å²) in [6.07, 6.45) is 4.93. The molecular formula is C11H10O3. The summed E-state index contributed by atoms with van der Waals surface area (Å²) in [5, 5.41) is 9.31. The summed E-state index contributed by atoms with van der Waals surface area (Å²) in [4.78, 5) is 20.7. The Bertz CT molecular complexity index is 367. The molecule has 14 heavy (non-hydrogen) atoms. The second kappa shape index (κ2) is 4.97. The van der Waals surface area contributed by atoms with E-state index in [1.807, 2.05) is 0 Å². The van der Waals surface area contributed by atoms with Crippen LogP contribution in [0.3, 0.4) is 0 Å². The van der Waals surface area contributed by atoms with Gasteiger partial charge in [0.25, 0.3) is 0 Å². The highest BCUT2D eigenvalue weighted by Gasteiger charge is 2.02. The lowest BCUT2D eigenvalue weighted by atomic mass is 10.1. The molecule has 0 heterocycles. The molecule has 0 radical (unpaired) electrons. The molecule has 1 N–H and O–H groups in total. The van der Waals surface area contributed by atoms with Gasteiger partial charge in [-0.3, -0.25) is 4.79 Å². The van der Waals surface area contributed by atoms with Gasteiger partial charge in [-0.15, -0.1) is 0 Å². The molecule has 0 atom stereocenters. The maximum Gasteiger partial charge on any atom is 0.154 e. The Balaban J connectivity index is 3.01. The van der Waals surface area contributed by atoms with Crippen molar-refractivity contribution in [1.29, 1.82) is 0 Å². The molecule has 0 amide bonds. The number of hydrogen-bond donors (Lipinski definition) is 1. The van der Waals surface area contributed by atoms with Gasteiger partial charge in [-0.05, 0) is 11.6 Å². The first kappa shape index (κ1) is 10.2. The molecule has 0 saturated carbocycles. The van der Waals surface area contributed by atoms with Crippen LogP contribution in [0.1, 0.15) is 22.3 Å². The van der Waals surface area contributed by atoms with Gasteiger partial charge in [0.2, 0.25) is 0 Å². The molecule has 0 aromatic heterocycles. The van der Waals surface area contributed by atoms with Gasteiger partial charge in [0, 0.05) is 6.42 Å². The number of carbonyl (C=O) groups is 2. The standard InChI is InChI=1S/C11H10O3/c12-7-2-1-4-9-5-3-6-11(14)10(9)8-13/h1,3-8,14H,2H2. The van der Waals surface area contributed by atoms with Gasteiger partial charge < -0.3 is 9.90 Å². The Morgan fingerprint density at radius 2 is 2.07 bits per heavy atom. The highest BCUT2D eigenvalue weighted by Crippen LogP contribution is 2.19. The first-order valence-corrected chi connectivity index (χ1v) is 4.17. The topological polar surface area (TPSA) is 54.4 Å². The van der Waals surface area contributed by atoms with Crippen molar-refractivity contribution in [3.8, 4) is 5.75 Å². The third-order valence-electron chi connectivity index (χ3n) is 1.76. The fraction of sp³-hybridized carbons (Fsp3) is 0.0909. The second-order valence-corrected chi connectivity index (χ2v) is 2.70. The van der Waals surface area contributed by atoms with E-state index in [0.717, 1.165) is 6.29 Å². The van der Waals surface area contributed by atoms with Crippen molar-refractivity contribution in [2.75, 3.05) is 0 Å². The van der Waals surface area contributed by atoms with Crippen LogP contribution in [0.2, 0.25) is 0 Å². The zero-order valence-corrected chi connectivity index (χ0v) is 7.51. The average Bonchev–Trinajstić information content (AvgIpc) is 2.18.